The average Bonchev–Trinajstić information content (AvgIpc) is 2.37. The fourth-order valence-electron chi connectivity index (χ4n) is 2.27. The van der Waals surface area contributed by atoms with Crippen molar-refractivity contribution >= 4 is 23.0 Å². The molecule has 0 aliphatic carbocycles. The van der Waals surface area contributed by atoms with E-state index in [-0.39, 0.29) is 17.5 Å². The van der Waals surface area contributed by atoms with E-state index in [9.17, 15) is 10.2 Å². The lowest BCUT2D eigenvalue weighted by Gasteiger charge is -2.23. The smallest absolute Gasteiger partial charge is 0.119 e. The fraction of sp³-hybridized carbons (Fsp3) is 0.250. The fourth-order valence-corrected chi connectivity index (χ4v) is 2.61. The lowest BCUT2D eigenvalue weighted by molar-refractivity contribution is 0.448. The second-order valence-electron chi connectivity index (χ2n) is 5.18. The molecule has 0 saturated heterocycles. The van der Waals surface area contributed by atoms with Gasteiger partial charge in [-0.15, -0.1) is 0 Å². The molecular formula is C16H19ClN2O2. The number of phenolic OH excluding ortho intramolecular Hbond substituents is 2. The van der Waals surface area contributed by atoms with E-state index in [1.807, 2.05) is 44.1 Å². The highest BCUT2D eigenvalue weighted by Crippen LogP contribution is 2.35. The van der Waals surface area contributed by atoms with E-state index < -0.39 is 0 Å². The summed E-state index contributed by atoms with van der Waals surface area (Å²) in [6, 6.07) is 10.1. The minimum Gasteiger partial charge on any atom is -0.508 e. The maximum Gasteiger partial charge on any atom is 0.119 e. The van der Waals surface area contributed by atoms with Gasteiger partial charge in [-0.25, -0.2) is 0 Å². The van der Waals surface area contributed by atoms with Gasteiger partial charge in [0.25, 0.3) is 0 Å². The van der Waals surface area contributed by atoms with Crippen LogP contribution in [0, 0.1) is 0 Å². The second kappa shape index (κ2) is 6.14. The van der Waals surface area contributed by atoms with E-state index in [1.165, 1.54) is 6.07 Å². The number of benzene rings is 2. The Morgan fingerprint density at radius 1 is 1.10 bits per heavy atom. The Bertz CT molecular complexity index is 624. The summed E-state index contributed by atoms with van der Waals surface area (Å²) < 4.78 is 0. The van der Waals surface area contributed by atoms with Crippen LogP contribution in [0.2, 0.25) is 5.02 Å². The van der Waals surface area contributed by atoms with Crippen LogP contribution in [-0.4, -0.2) is 24.3 Å². The summed E-state index contributed by atoms with van der Waals surface area (Å²) in [5.74, 6) is 0.0788. The first-order chi connectivity index (χ1) is 9.88. The van der Waals surface area contributed by atoms with Gasteiger partial charge in [0, 0.05) is 26.2 Å². The van der Waals surface area contributed by atoms with Gasteiger partial charge < -0.3 is 20.4 Å². The summed E-state index contributed by atoms with van der Waals surface area (Å²) in [6.45, 7) is 1.95. The van der Waals surface area contributed by atoms with E-state index >= 15 is 0 Å². The molecule has 0 amide bonds. The lowest BCUT2D eigenvalue weighted by atomic mass is 10.1. The van der Waals surface area contributed by atoms with Crippen LogP contribution in [0.5, 0.6) is 11.5 Å². The third kappa shape index (κ3) is 3.52. The van der Waals surface area contributed by atoms with Crippen molar-refractivity contribution in [3.63, 3.8) is 0 Å². The lowest BCUT2D eigenvalue weighted by Crippen LogP contribution is -2.14. The molecule has 0 radical (unpaired) electrons. The molecule has 2 aromatic rings. The minimum atomic E-state index is -0.0971. The Labute approximate surface area is 129 Å². The van der Waals surface area contributed by atoms with Crippen LogP contribution in [0.15, 0.2) is 36.4 Å². The first kappa shape index (κ1) is 15.3. The molecule has 0 bridgehead atoms. The average molecular weight is 307 g/mol. The number of anilines is 2. The van der Waals surface area contributed by atoms with Gasteiger partial charge in [0.1, 0.15) is 11.5 Å². The third-order valence-electron chi connectivity index (χ3n) is 3.23. The summed E-state index contributed by atoms with van der Waals surface area (Å²) in [5, 5.41) is 23.2. The van der Waals surface area contributed by atoms with Crippen molar-refractivity contribution in [2.24, 2.45) is 0 Å². The summed E-state index contributed by atoms with van der Waals surface area (Å²) in [5.41, 5.74) is 2.58. The van der Waals surface area contributed by atoms with Gasteiger partial charge in [0.15, 0.2) is 0 Å². The number of hydrogen-bond acceptors (Lipinski definition) is 4. The van der Waals surface area contributed by atoms with Crippen LogP contribution < -0.4 is 10.2 Å². The zero-order chi connectivity index (χ0) is 15.6. The van der Waals surface area contributed by atoms with Crippen molar-refractivity contribution in [3.8, 4) is 11.5 Å². The Morgan fingerprint density at radius 3 is 2.29 bits per heavy atom. The van der Waals surface area contributed by atoms with Crippen LogP contribution in [-0.2, 0) is 0 Å². The molecule has 0 heterocycles. The Balaban J connectivity index is 2.31. The number of halogens is 1. The Morgan fingerprint density at radius 2 is 1.71 bits per heavy atom. The van der Waals surface area contributed by atoms with E-state index in [4.69, 9.17) is 11.6 Å². The minimum absolute atomic E-state index is 0.0394. The first-order valence-electron chi connectivity index (χ1n) is 6.63. The SMILES string of the molecule is CC(Nc1cccc(Cl)c1N(C)C)c1cc(O)cc(O)c1. The van der Waals surface area contributed by atoms with Gasteiger partial charge in [0.2, 0.25) is 0 Å². The largest absolute Gasteiger partial charge is 0.508 e. The maximum absolute atomic E-state index is 9.58. The van der Waals surface area contributed by atoms with Crippen molar-refractivity contribution in [2.75, 3.05) is 24.3 Å². The van der Waals surface area contributed by atoms with E-state index in [0.29, 0.717) is 5.02 Å². The van der Waals surface area contributed by atoms with Crippen molar-refractivity contribution < 1.29 is 10.2 Å². The van der Waals surface area contributed by atoms with Gasteiger partial charge in [0.05, 0.1) is 16.4 Å². The van der Waals surface area contributed by atoms with E-state index in [2.05, 4.69) is 5.32 Å². The number of phenols is 2. The maximum atomic E-state index is 9.58. The monoisotopic (exact) mass is 306 g/mol. The highest BCUT2D eigenvalue weighted by atomic mass is 35.5. The molecule has 1 unspecified atom stereocenters. The van der Waals surface area contributed by atoms with Crippen LogP contribution in [0.25, 0.3) is 0 Å². The molecule has 4 nitrogen and oxygen atoms in total. The van der Waals surface area contributed by atoms with Gasteiger partial charge >= 0.3 is 0 Å². The van der Waals surface area contributed by atoms with Crippen LogP contribution >= 0.6 is 11.6 Å². The molecule has 0 aromatic heterocycles. The Kier molecular flexibility index (Phi) is 4.48. The molecule has 5 heteroatoms. The van der Waals surface area contributed by atoms with Crippen molar-refractivity contribution in [2.45, 2.75) is 13.0 Å². The van der Waals surface area contributed by atoms with Crippen LogP contribution in [0.3, 0.4) is 0 Å². The van der Waals surface area contributed by atoms with Crippen molar-refractivity contribution in [1.82, 2.24) is 0 Å². The van der Waals surface area contributed by atoms with Gasteiger partial charge in [-0.2, -0.15) is 0 Å². The van der Waals surface area contributed by atoms with Gasteiger partial charge in [-0.05, 0) is 36.8 Å². The quantitative estimate of drug-likeness (QED) is 0.799. The number of nitrogens with zero attached hydrogens (tertiary/aromatic N) is 1. The molecule has 2 aromatic carbocycles. The predicted molar refractivity (Wildman–Crippen MR) is 87.6 cm³/mol. The number of hydrogen-bond donors (Lipinski definition) is 3. The summed E-state index contributed by atoms with van der Waals surface area (Å²) >= 11 is 6.24. The van der Waals surface area contributed by atoms with Gasteiger partial charge in [-0.3, -0.25) is 0 Å². The summed E-state index contributed by atoms with van der Waals surface area (Å²) in [6.07, 6.45) is 0. The molecule has 0 aliphatic heterocycles. The normalized spacial score (nSPS) is 12.0. The van der Waals surface area contributed by atoms with Crippen LogP contribution in [0.1, 0.15) is 18.5 Å². The van der Waals surface area contributed by atoms with Crippen molar-refractivity contribution in [3.05, 3.63) is 47.0 Å². The van der Waals surface area contributed by atoms with Crippen LogP contribution in [0.4, 0.5) is 11.4 Å². The number of nitrogens with one attached hydrogen (secondary N) is 1. The standard InChI is InChI=1S/C16H19ClN2O2/c1-10(11-7-12(20)9-13(21)8-11)18-15-6-4-5-14(17)16(15)19(2)3/h4-10,18,20-21H,1-3H3. The number of aromatic hydroxyl groups is 2. The van der Waals surface area contributed by atoms with Crippen molar-refractivity contribution in [1.29, 1.82) is 0 Å². The topological polar surface area (TPSA) is 55.7 Å². The highest BCUT2D eigenvalue weighted by molar-refractivity contribution is 6.34. The molecule has 0 spiro atoms. The van der Waals surface area contributed by atoms with E-state index in [0.717, 1.165) is 16.9 Å². The molecule has 0 saturated carbocycles. The molecule has 0 fully saturated rings. The predicted octanol–water partition coefficient (Wildman–Crippen LogP) is 3.99. The molecular weight excluding hydrogens is 288 g/mol. The molecule has 0 aliphatic rings. The summed E-state index contributed by atoms with van der Waals surface area (Å²) in [7, 11) is 3.86. The highest BCUT2D eigenvalue weighted by Gasteiger charge is 2.13. The molecule has 112 valence electrons. The Hall–Kier alpha value is -2.07. The van der Waals surface area contributed by atoms with E-state index in [1.54, 1.807) is 12.1 Å². The zero-order valence-electron chi connectivity index (χ0n) is 12.3. The molecule has 3 N–H and O–H groups in total. The third-order valence-corrected chi connectivity index (χ3v) is 3.54. The number of para-hydroxylation sites is 1. The number of rotatable bonds is 4. The zero-order valence-corrected chi connectivity index (χ0v) is 13.0. The summed E-state index contributed by atoms with van der Waals surface area (Å²) in [4.78, 5) is 1.94. The van der Waals surface area contributed by atoms with Gasteiger partial charge in [-0.1, -0.05) is 17.7 Å². The second-order valence-corrected chi connectivity index (χ2v) is 5.59. The first-order valence-corrected chi connectivity index (χ1v) is 7.01. The molecule has 2 rings (SSSR count). The molecule has 21 heavy (non-hydrogen) atoms. The molecule has 1 atom stereocenters.